The Bertz CT molecular complexity index is 555. The summed E-state index contributed by atoms with van der Waals surface area (Å²) in [5.74, 6) is -0.241. The van der Waals surface area contributed by atoms with Crippen LogP contribution in [0.4, 0.5) is 4.79 Å². The van der Waals surface area contributed by atoms with Crippen molar-refractivity contribution >= 4 is 12.0 Å². The van der Waals surface area contributed by atoms with Gasteiger partial charge in [-0.15, -0.1) is 0 Å². The number of rotatable bonds is 9. The highest BCUT2D eigenvalue weighted by Crippen LogP contribution is 2.15. The molecule has 0 heterocycles. The van der Waals surface area contributed by atoms with Gasteiger partial charge < -0.3 is 20.3 Å². The highest BCUT2D eigenvalue weighted by Gasteiger charge is 2.25. The quantitative estimate of drug-likeness (QED) is 0.707. The molecule has 0 aliphatic heterocycles. The molecule has 2 amide bonds. The van der Waals surface area contributed by atoms with E-state index in [1.54, 1.807) is 20.8 Å². The summed E-state index contributed by atoms with van der Waals surface area (Å²) >= 11 is 0. The second-order valence-corrected chi connectivity index (χ2v) is 7.22. The van der Waals surface area contributed by atoms with Crippen molar-refractivity contribution in [2.75, 3.05) is 26.2 Å². The van der Waals surface area contributed by atoms with E-state index >= 15 is 0 Å². The van der Waals surface area contributed by atoms with Crippen molar-refractivity contribution in [2.24, 2.45) is 0 Å². The maximum absolute atomic E-state index is 12.7. The molecule has 0 spiro atoms. The largest absolute Gasteiger partial charge is 0.444 e. The Morgan fingerprint density at radius 3 is 2.31 bits per heavy atom. The van der Waals surface area contributed by atoms with Gasteiger partial charge in [0, 0.05) is 13.1 Å². The first-order chi connectivity index (χ1) is 12.3. The van der Waals surface area contributed by atoms with E-state index in [1.807, 2.05) is 30.3 Å². The molecule has 0 saturated carbocycles. The fourth-order valence-electron chi connectivity index (χ4n) is 2.55. The van der Waals surface area contributed by atoms with E-state index in [0.717, 1.165) is 31.6 Å². The lowest BCUT2D eigenvalue weighted by Crippen LogP contribution is -2.44. The average Bonchev–Trinajstić information content (AvgIpc) is 2.58. The van der Waals surface area contributed by atoms with Crippen LogP contribution >= 0.6 is 0 Å². The van der Waals surface area contributed by atoms with Crippen LogP contribution < -0.4 is 10.6 Å². The number of hydrogen-bond donors (Lipinski definition) is 2. The van der Waals surface area contributed by atoms with Gasteiger partial charge in [-0.25, -0.2) is 4.79 Å². The first kappa shape index (κ1) is 22.0. The summed E-state index contributed by atoms with van der Waals surface area (Å²) in [5.41, 5.74) is 0.0978. The van der Waals surface area contributed by atoms with Crippen molar-refractivity contribution in [1.82, 2.24) is 15.5 Å². The summed E-state index contributed by atoms with van der Waals surface area (Å²) in [7, 11) is 0. The minimum atomic E-state index is -0.785. The predicted molar refractivity (Wildman–Crippen MR) is 104 cm³/mol. The van der Waals surface area contributed by atoms with E-state index in [1.165, 1.54) is 0 Å². The molecule has 0 saturated heterocycles. The van der Waals surface area contributed by atoms with E-state index < -0.39 is 17.7 Å². The summed E-state index contributed by atoms with van der Waals surface area (Å²) in [4.78, 5) is 27.1. The maximum atomic E-state index is 12.7. The topological polar surface area (TPSA) is 70.7 Å². The lowest BCUT2D eigenvalue weighted by Gasteiger charge is -2.24. The summed E-state index contributed by atoms with van der Waals surface area (Å²) < 4.78 is 5.29. The van der Waals surface area contributed by atoms with Crippen molar-refractivity contribution in [3.05, 3.63) is 35.9 Å². The summed E-state index contributed by atoms with van der Waals surface area (Å²) in [6.07, 6.45) is 0.469. The molecule has 6 heteroatoms. The smallest absolute Gasteiger partial charge is 0.408 e. The van der Waals surface area contributed by atoms with Gasteiger partial charge in [-0.05, 0) is 45.8 Å². The molecule has 1 aromatic rings. The Morgan fingerprint density at radius 2 is 1.77 bits per heavy atom. The van der Waals surface area contributed by atoms with Crippen LogP contribution in [0.3, 0.4) is 0 Å². The molecule has 6 nitrogen and oxygen atoms in total. The number of alkyl carbamates (subject to hydrolysis) is 1. The molecule has 1 unspecified atom stereocenters. The Morgan fingerprint density at radius 1 is 1.12 bits per heavy atom. The monoisotopic (exact) mass is 363 g/mol. The normalized spacial score (nSPS) is 12.5. The van der Waals surface area contributed by atoms with E-state index in [0.29, 0.717) is 6.54 Å². The summed E-state index contributed by atoms with van der Waals surface area (Å²) in [6.45, 7) is 12.9. The van der Waals surface area contributed by atoms with E-state index in [-0.39, 0.29) is 5.91 Å². The zero-order valence-corrected chi connectivity index (χ0v) is 16.7. The van der Waals surface area contributed by atoms with Gasteiger partial charge in [-0.1, -0.05) is 44.2 Å². The minimum Gasteiger partial charge on any atom is -0.444 e. The van der Waals surface area contributed by atoms with Crippen LogP contribution in [-0.4, -0.2) is 48.7 Å². The van der Waals surface area contributed by atoms with Crippen LogP contribution in [-0.2, 0) is 9.53 Å². The van der Waals surface area contributed by atoms with E-state index in [9.17, 15) is 9.59 Å². The third-order valence-electron chi connectivity index (χ3n) is 3.77. The Kier molecular flexibility index (Phi) is 9.13. The fourth-order valence-corrected chi connectivity index (χ4v) is 2.55. The summed E-state index contributed by atoms with van der Waals surface area (Å²) in [5, 5.41) is 5.60. The number of hydrogen-bond acceptors (Lipinski definition) is 4. The number of nitrogens with one attached hydrogen (secondary N) is 2. The lowest BCUT2D eigenvalue weighted by atomic mass is 10.1. The Balaban J connectivity index is 2.72. The van der Waals surface area contributed by atoms with Crippen LogP contribution in [0.2, 0.25) is 0 Å². The molecule has 0 aromatic heterocycles. The van der Waals surface area contributed by atoms with Crippen molar-refractivity contribution in [3.63, 3.8) is 0 Å². The van der Waals surface area contributed by atoms with Gasteiger partial charge in [0.05, 0.1) is 0 Å². The number of amides is 2. The molecule has 0 bridgehead atoms. The Hall–Kier alpha value is -2.08. The number of benzene rings is 1. The van der Waals surface area contributed by atoms with Gasteiger partial charge in [0.15, 0.2) is 0 Å². The van der Waals surface area contributed by atoms with Crippen molar-refractivity contribution < 1.29 is 14.3 Å². The van der Waals surface area contributed by atoms with Gasteiger partial charge in [0.25, 0.3) is 0 Å². The molecule has 0 fully saturated rings. The number of nitrogens with zero attached hydrogens (tertiary/aromatic N) is 1. The van der Waals surface area contributed by atoms with Crippen LogP contribution in [0.1, 0.15) is 52.6 Å². The zero-order valence-electron chi connectivity index (χ0n) is 16.7. The lowest BCUT2D eigenvalue weighted by molar-refractivity contribution is -0.123. The number of carbonyl (C=O) groups excluding carboxylic acids is 2. The highest BCUT2D eigenvalue weighted by atomic mass is 16.6. The third-order valence-corrected chi connectivity index (χ3v) is 3.77. The molecular weight excluding hydrogens is 330 g/mol. The molecular formula is C20H33N3O3. The molecule has 146 valence electrons. The van der Waals surface area contributed by atoms with Crippen molar-refractivity contribution in [1.29, 1.82) is 0 Å². The van der Waals surface area contributed by atoms with Gasteiger partial charge in [-0.3, -0.25) is 4.79 Å². The zero-order chi connectivity index (χ0) is 19.6. The van der Waals surface area contributed by atoms with Gasteiger partial charge in [-0.2, -0.15) is 0 Å². The number of likely N-dealkylation sites (N-methyl/N-ethyl adjacent to an activating group) is 1. The van der Waals surface area contributed by atoms with Gasteiger partial charge in [0.1, 0.15) is 11.6 Å². The third kappa shape index (κ3) is 8.34. The molecule has 1 atom stereocenters. The predicted octanol–water partition coefficient (Wildman–Crippen LogP) is 3.10. The van der Waals surface area contributed by atoms with Crippen LogP contribution in [0.25, 0.3) is 0 Å². The molecule has 0 aliphatic rings. The van der Waals surface area contributed by atoms with Gasteiger partial charge in [0.2, 0.25) is 5.91 Å². The van der Waals surface area contributed by atoms with E-state index in [4.69, 9.17) is 4.74 Å². The first-order valence-electron chi connectivity index (χ1n) is 9.31. The maximum Gasteiger partial charge on any atom is 0.408 e. The molecule has 0 aliphatic carbocycles. The highest BCUT2D eigenvalue weighted by molar-refractivity contribution is 5.86. The SMILES string of the molecule is CCCN(CC)CCNC(=O)C(NC(=O)OC(C)(C)C)c1ccccc1. The second-order valence-electron chi connectivity index (χ2n) is 7.22. The molecule has 26 heavy (non-hydrogen) atoms. The van der Waals surface area contributed by atoms with Crippen molar-refractivity contribution in [3.8, 4) is 0 Å². The molecule has 2 N–H and O–H groups in total. The molecule has 1 rings (SSSR count). The number of carbonyl (C=O) groups is 2. The van der Waals surface area contributed by atoms with Crippen LogP contribution in [0.15, 0.2) is 30.3 Å². The van der Waals surface area contributed by atoms with E-state index in [2.05, 4.69) is 29.4 Å². The first-order valence-corrected chi connectivity index (χ1v) is 9.31. The fraction of sp³-hybridized carbons (Fsp3) is 0.600. The molecule has 1 aromatic carbocycles. The average molecular weight is 364 g/mol. The molecule has 0 radical (unpaired) electrons. The minimum absolute atomic E-state index is 0.241. The van der Waals surface area contributed by atoms with Gasteiger partial charge >= 0.3 is 6.09 Å². The van der Waals surface area contributed by atoms with Crippen LogP contribution in [0, 0.1) is 0 Å². The second kappa shape index (κ2) is 10.8. The van der Waals surface area contributed by atoms with Crippen molar-refractivity contribution in [2.45, 2.75) is 52.7 Å². The summed E-state index contributed by atoms with van der Waals surface area (Å²) in [6, 6.07) is 8.40. The standard InChI is InChI=1S/C20H33N3O3/c1-6-14-23(7-2)15-13-21-18(24)17(16-11-9-8-10-12-16)22-19(25)26-20(3,4)5/h8-12,17H,6-7,13-15H2,1-5H3,(H,21,24)(H,22,25). The Labute approximate surface area is 157 Å². The van der Waals surface area contributed by atoms with Crippen LogP contribution in [0.5, 0.6) is 0 Å². The number of ether oxygens (including phenoxy) is 1.